The molecule has 0 radical (unpaired) electrons. The molecule has 0 amide bonds. The monoisotopic (exact) mass is 288 g/mol. The maximum Gasteiger partial charge on any atom is 0.0731 e. The SMILES string of the molecule is CCC(N)C(c1ccccc1C)N1CCOC2CCCC21. The van der Waals surface area contributed by atoms with Crippen LogP contribution in [0.2, 0.25) is 0 Å². The molecule has 3 heteroatoms. The highest BCUT2D eigenvalue weighted by molar-refractivity contribution is 5.30. The lowest BCUT2D eigenvalue weighted by Crippen LogP contribution is -2.54. The van der Waals surface area contributed by atoms with Crippen molar-refractivity contribution in [3.63, 3.8) is 0 Å². The van der Waals surface area contributed by atoms with Gasteiger partial charge in [0.2, 0.25) is 0 Å². The number of hydrogen-bond donors (Lipinski definition) is 1. The zero-order chi connectivity index (χ0) is 14.8. The highest BCUT2D eigenvalue weighted by Crippen LogP contribution is 2.37. The van der Waals surface area contributed by atoms with E-state index in [1.807, 2.05) is 0 Å². The van der Waals surface area contributed by atoms with Crippen molar-refractivity contribution in [2.45, 2.75) is 63.8 Å². The predicted molar refractivity (Wildman–Crippen MR) is 86.3 cm³/mol. The quantitative estimate of drug-likeness (QED) is 0.925. The minimum Gasteiger partial charge on any atom is -0.375 e. The normalized spacial score (nSPS) is 29.1. The summed E-state index contributed by atoms with van der Waals surface area (Å²) in [6.45, 7) is 6.26. The van der Waals surface area contributed by atoms with Crippen molar-refractivity contribution in [3.05, 3.63) is 35.4 Å². The number of fused-ring (bicyclic) bond motifs is 1. The zero-order valence-corrected chi connectivity index (χ0v) is 13.3. The first-order valence-corrected chi connectivity index (χ1v) is 8.40. The number of morpholine rings is 1. The Morgan fingerprint density at radius 2 is 2.14 bits per heavy atom. The van der Waals surface area contributed by atoms with Crippen molar-refractivity contribution < 1.29 is 4.74 Å². The van der Waals surface area contributed by atoms with E-state index < -0.39 is 0 Å². The Bertz CT molecular complexity index is 476. The number of hydrogen-bond acceptors (Lipinski definition) is 3. The molecule has 1 saturated carbocycles. The highest BCUT2D eigenvalue weighted by Gasteiger charge is 2.41. The van der Waals surface area contributed by atoms with Gasteiger partial charge in [0.1, 0.15) is 0 Å². The van der Waals surface area contributed by atoms with Crippen LogP contribution in [-0.4, -0.2) is 36.2 Å². The maximum absolute atomic E-state index is 6.55. The molecule has 1 aliphatic heterocycles. The van der Waals surface area contributed by atoms with Crippen molar-refractivity contribution in [1.82, 2.24) is 4.90 Å². The van der Waals surface area contributed by atoms with Crippen LogP contribution in [0.25, 0.3) is 0 Å². The number of rotatable bonds is 4. The third kappa shape index (κ3) is 2.87. The lowest BCUT2D eigenvalue weighted by atomic mass is 9.91. The van der Waals surface area contributed by atoms with Crippen LogP contribution in [0.1, 0.15) is 49.8 Å². The van der Waals surface area contributed by atoms with Crippen LogP contribution in [0.15, 0.2) is 24.3 Å². The van der Waals surface area contributed by atoms with Crippen LogP contribution in [0, 0.1) is 6.92 Å². The van der Waals surface area contributed by atoms with Gasteiger partial charge in [0.15, 0.2) is 0 Å². The molecule has 1 saturated heterocycles. The smallest absolute Gasteiger partial charge is 0.0731 e. The molecule has 116 valence electrons. The molecule has 4 atom stereocenters. The van der Waals surface area contributed by atoms with E-state index in [0.29, 0.717) is 18.2 Å². The second-order valence-corrected chi connectivity index (χ2v) is 6.52. The van der Waals surface area contributed by atoms with E-state index in [4.69, 9.17) is 10.5 Å². The van der Waals surface area contributed by atoms with Crippen LogP contribution in [0.5, 0.6) is 0 Å². The molecule has 1 aliphatic carbocycles. The molecule has 1 aromatic rings. The Labute approximate surface area is 128 Å². The van der Waals surface area contributed by atoms with Crippen LogP contribution < -0.4 is 5.73 Å². The van der Waals surface area contributed by atoms with Crippen molar-refractivity contribution >= 4 is 0 Å². The summed E-state index contributed by atoms with van der Waals surface area (Å²) >= 11 is 0. The molecule has 2 fully saturated rings. The molecular formula is C18H28N2O. The Kier molecular flexibility index (Phi) is 4.63. The van der Waals surface area contributed by atoms with E-state index in [2.05, 4.69) is 43.0 Å². The molecule has 1 aromatic carbocycles. The Morgan fingerprint density at radius 1 is 1.33 bits per heavy atom. The number of benzene rings is 1. The summed E-state index contributed by atoms with van der Waals surface area (Å²) in [5, 5.41) is 0. The van der Waals surface area contributed by atoms with E-state index in [9.17, 15) is 0 Å². The number of ether oxygens (including phenoxy) is 1. The molecule has 21 heavy (non-hydrogen) atoms. The average molecular weight is 288 g/mol. The Hall–Kier alpha value is -0.900. The highest BCUT2D eigenvalue weighted by atomic mass is 16.5. The van der Waals surface area contributed by atoms with E-state index in [0.717, 1.165) is 19.6 Å². The van der Waals surface area contributed by atoms with Crippen LogP contribution in [-0.2, 0) is 4.74 Å². The third-order valence-corrected chi connectivity index (χ3v) is 5.27. The standard InChI is InChI=1S/C18H28N2O/c1-3-15(19)18(14-8-5-4-7-13(14)2)20-11-12-21-17-10-6-9-16(17)20/h4-5,7-8,15-18H,3,6,9-12,19H2,1-2H3. The molecule has 3 rings (SSSR count). The number of aryl methyl sites for hydroxylation is 1. The molecule has 1 heterocycles. The number of nitrogens with zero attached hydrogens (tertiary/aromatic N) is 1. The summed E-state index contributed by atoms with van der Waals surface area (Å²) in [5.74, 6) is 0. The molecule has 2 N–H and O–H groups in total. The summed E-state index contributed by atoms with van der Waals surface area (Å²) in [7, 11) is 0. The van der Waals surface area contributed by atoms with Gasteiger partial charge in [-0.2, -0.15) is 0 Å². The second kappa shape index (κ2) is 6.47. The minimum absolute atomic E-state index is 0.186. The molecule has 3 nitrogen and oxygen atoms in total. The molecule has 0 spiro atoms. The van der Waals surface area contributed by atoms with Crippen LogP contribution in [0.3, 0.4) is 0 Å². The summed E-state index contributed by atoms with van der Waals surface area (Å²) in [5.41, 5.74) is 9.31. The first-order valence-electron chi connectivity index (χ1n) is 8.40. The lowest BCUT2D eigenvalue weighted by Gasteiger charge is -2.45. The van der Waals surface area contributed by atoms with Crippen molar-refractivity contribution in [3.8, 4) is 0 Å². The van der Waals surface area contributed by atoms with E-state index in [1.165, 1.54) is 30.4 Å². The van der Waals surface area contributed by atoms with Gasteiger partial charge in [-0.15, -0.1) is 0 Å². The Balaban J connectivity index is 1.94. The zero-order valence-electron chi connectivity index (χ0n) is 13.3. The second-order valence-electron chi connectivity index (χ2n) is 6.52. The first kappa shape index (κ1) is 15.0. The molecular weight excluding hydrogens is 260 g/mol. The lowest BCUT2D eigenvalue weighted by molar-refractivity contribution is -0.0763. The van der Waals surface area contributed by atoms with Gasteiger partial charge in [-0.05, 0) is 43.7 Å². The van der Waals surface area contributed by atoms with Gasteiger partial charge >= 0.3 is 0 Å². The molecule has 4 unspecified atom stereocenters. The maximum atomic E-state index is 6.55. The fourth-order valence-electron chi connectivity index (χ4n) is 4.10. The van der Waals surface area contributed by atoms with Gasteiger partial charge < -0.3 is 10.5 Å². The first-order chi connectivity index (χ1) is 10.2. The van der Waals surface area contributed by atoms with Crippen molar-refractivity contribution in [1.29, 1.82) is 0 Å². The summed E-state index contributed by atoms with van der Waals surface area (Å²) in [4.78, 5) is 2.65. The Morgan fingerprint density at radius 3 is 2.90 bits per heavy atom. The summed E-state index contributed by atoms with van der Waals surface area (Å²) in [6, 6.07) is 9.79. The van der Waals surface area contributed by atoms with Crippen molar-refractivity contribution in [2.75, 3.05) is 13.2 Å². The van der Waals surface area contributed by atoms with Gasteiger partial charge in [0, 0.05) is 18.6 Å². The van der Waals surface area contributed by atoms with Crippen LogP contribution >= 0.6 is 0 Å². The summed E-state index contributed by atoms with van der Waals surface area (Å²) in [6.07, 6.45) is 5.18. The molecule has 0 bridgehead atoms. The van der Waals surface area contributed by atoms with Gasteiger partial charge in [-0.1, -0.05) is 31.2 Å². The molecule has 2 aliphatic rings. The van der Waals surface area contributed by atoms with E-state index in [1.54, 1.807) is 0 Å². The number of nitrogens with two attached hydrogens (primary N) is 1. The fourth-order valence-corrected chi connectivity index (χ4v) is 4.10. The summed E-state index contributed by atoms with van der Waals surface area (Å²) < 4.78 is 5.98. The third-order valence-electron chi connectivity index (χ3n) is 5.27. The van der Waals surface area contributed by atoms with Crippen molar-refractivity contribution in [2.24, 2.45) is 5.73 Å². The predicted octanol–water partition coefficient (Wildman–Crippen LogP) is 3.03. The van der Waals surface area contributed by atoms with Gasteiger partial charge in [0.05, 0.1) is 18.8 Å². The van der Waals surface area contributed by atoms with Gasteiger partial charge in [-0.3, -0.25) is 4.90 Å². The topological polar surface area (TPSA) is 38.5 Å². The van der Waals surface area contributed by atoms with Crippen LogP contribution in [0.4, 0.5) is 0 Å². The molecule has 0 aromatic heterocycles. The average Bonchev–Trinajstić information content (AvgIpc) is 2.98. The van der Waals surface area contributed by atoms with Gasteiger partial charge in [0.25, 0.3) is 0 Å². The fraction of sp³-hybridized carbons (Fsp3) is 0.667. The van der Waals surface area contributed by atoms with E-state index in [-0.39, 0.29) is 6.04 Å². The minimum atomic E-state index is 0.186. The van der Waals surface area contributed by atoms with E-state index >= 15 is 0 Å². The van der Waals surface area contributed by atoms with Gasteiger partial charge in [-0.25, -0.2) is 0 Å². The largest absolute Gasteiger partial charge is 0.375 e.